The highest BCUT2D eigenvalue weighted by molar-refractivity contribution is 7.73. The van der Waals surface area contributed by atoms with Crippen LogP contribution in [0, 0.1) is 20.8 Å². The molecular formula is C24H21O6P. The Bertz CT molecular complexity index is 1100. The van der Waals surface area contributed by atoms with Gasteiger partial charge in [-0.2, -0.15) is 0 Å². The minimum absolute atomic E-state index is 0.00217. The van der Waals surface area contributed by atoms with E-state index < -0.39 is 25.1 Å². The first-order chi connectivity index (χ1) is 14.7. The molecule has 0 aliphatic heterocycles. The van der Waals surface area contributed by atoms with Crippen LogP contribution >= 0.6 is 7.60 Å². The molecular weight excluding hydrogens is 415 g/mol. The van der Waals surface area contributed by atoms with Gasteiger partial charge in [0.2, 0.25) is 0 Å². The summed E-state index contributed by atoms with van der Waals surface area (Å²) in [7, 11) is -4.85. The molecule has 0 N–H and O–H groups in total. The average molecular weight is 436 g/mol. The zero-order valence-electron chi connectivity index (χ0n) is 17.3. The third-order valence-corrected chi connectivity index (χ3v) is 6.10. The monoisotopic (exact) mass is 436 g/mol. The molecule has 0 amide bonds. The van der Waals surface area contributed by atoms with Gasteiger partial charge in [-0.3, -0.25) is 4.79 Å². The second-order valence-corrected chi connectivity index (χ2v) is 8.92. The Labute approximate surface area is 180 Å². The summed E-state index contributed by atoms with van der Waals surface area (Å²) < 4.78 is 23.6. The van der Waals surface area contributed by atoms with Crippen LogP contribution in [0.4, 0.5) is 0 Å². The lowest BCUT2D eigenvalue weighted by molar-refractivity contribution is 0.0609. The summed E-state index contributed by atoms with van der Waals surface area (Å²) in [5, 5.41) is 0. The van der Waals surface area contributed by atoms with E-state index in [1.165, 1.54) is 36.4 Å². The average Bonchev–Trinajstić information content (AvgIpc) is 2.74. The quantitative estimate of drug-likeness (QED) is 0.464. The van der Waals surface area contributed by atoms with Gasteiger partial charge in [0.25, 0.3) is 5.52 Å². The van der Waals surface area contributed by atoms with E-state index in [-0.39, 0.29) is 16.7 Å². The van der Waals surface area contributed by atoms with Crippen molar-refractivity contribution < 1.29 is 28.0 Å². The van der Waals surface area contributed by atoms with Crippen LogP contribution in [-0.2, 0) is 13.6 Å². The highest BCUT2D eigenvalue weighted by Gasteiger charge is 2.43. The fourth-order valence-electron chi connectivity index (χ4n) is 2.66. The molecule has 0 unspecified atom stereocenters. The Morgan fingerprint density at radius 2 is 0.839 bits per heavy atom. The van der Waals surface area contributed by atoms with Gasteiger partial charge < -0.3 is 9.05 Å². The molecule has 7 heteroatoms. The number of aryl methyl sites for hydroxylation is 3. The zero-order chi connectivity index (χ0) is 22.6. The number of hydrogen-bond acceptors (Lipinski definition) is 6. The van der Waals surface area contributed by atoms with Crippen molar-refractivity contribution in [1.29, 1.82) is 0 Å². The van der Waals surface area contributed by atoms with Gasteiger partial charge in [0, 0.05) is 5.56 Å². The lowest BCUT2D eigenvalue weighted by Crippen LogP contribution is -2.15. The van der Waals surface area contributed by atoms with Crippen LogP contribution in [0.1, 0.15) is 47.8 Å². The van der Waals surface area contributed by atoms with Crippen molar-refractivity contribution in [3.63, 3.8) is 0 Å². The molecule has 3 rings (SSSR count). The van der Waals surface area contributed by atoms with Crippen molar-refractivity contribution in [2.75, 3.05) is 0 Å². The molecule has 0 spiro atoms. The summed E-state index contributed by atoms with van der Waals surface area (Å²) in [6.07, 6.45) is 0. The van der Waals surface area contributed by atoms with Crippen LogP contribution in [0.2, 0.25) is 0 Å². The van der Waals surface area contributed by atoms with Gasteiger partial charge in [0.05, 0.1) is 11.1 Å². The molecule has 158 valence electrons. The van der Waals surface area contributed by atoms with E-state index in [0.717, 1.165) is 16.7 Å². The van der Waals surface area contributed by atoms with Crippen LogP contribution in [0.5, 0.6) is 0 Å². The minimum atomic E-state index is -4.85. The van der Waals surface area contributed by atoms with Gasteiger partial charge in [-0.25, -0.2) is 14.2 Å². The number of benzene rings is 3. The second kappa shape index (κ2) is 9.11. The largest absolute Gasteiger partial charge is 0.508 e. The molecule has 0 saturated carbocycles. The molecule has 0 radical (unpaired) electrons. The van der Waals surface area contributed by atoms with E-state index in [0.29, 0.717) is 0 Å². The fraction of sp³-hybridized carbons (Fsp3) is 0.125. The van der Waals surface area contributed by atoms with Crippen molar-refractivity contribution in [2.45, 2.75) is 20.8 Å². The third-order valence-electron chi connectivity index (χ3n) is 4.53. The SMILES string of the molecule is Cc1ccc(C(=O)OP(=O)(OC(=O)c2ccc(C)cc2)C(=O)c2ccc(C)cc2)cc1. The van der Waals surface area contributed by atoms with Gasteiger partial charge in [-0.1, -0.05) is 65.2 Å². The first-order valence-corrected chi connectivity index (χ1v) is 11.0. The Balaban J connectivity index is 1.94. The highest BCUT2D eigenvalue weighted by Crippen LogP contribution is 2.52. The lowest BCUT2D eigenvalue weighted by Gasteiger charge is -2.17. The number of carbonyl (C=O) groups excluding carboxylic acids is 3. The van der Waals surface area contributed by atoms with Crippen LogP contribution < -0.4 is 0 Å². The second-order valence-electron chi connectivity index (χ2n) is 7.16. The molecule has 0 bridgehead atoms. The Morgan fingerprint density at radius 1 is 0.548 bits per heavy atom. The maximum Gasteiger partial charge on any atom is 0.508 e. The normalized spacial score (nSPS) is 10.9. The first-order valence-electron chi connectivity index (χ1n) is 9.51. The standard InChI is InChI=1S/C24H21O6P/c1-16-4-10-19(11-5-16)22(25)29-31(28,24(27)21-14-8-18(3)9-15-21)30-23(26)20-12-6-17(2)7-13-20/h4-15H,1-3H3. The van der Waals surface area contributed by atoms with E-state index in [4.69, 9.17) is 9.05 Å². The molecule has 3 aromatic carbocycles. The highest BCUT2D eigenvalue weighted by atomic mass is 31.2. The van der Waals surface area contributed by atoms with Crippen LogP contribution in [0.25, 0.3) is 0 Å². The van der Waals surface area contributed by atoms with E-state index >= 15 is 0 Å². The summed E-state index contributed by atoms with van der Waals surface area (Å²) >= 11 is 0. The molecule has 6 nitrogen and oxygen atoms in total. The van der Waals surface area contributed by atoms with Gasteiger partial charge in [-0.05, 0) is 45.0 Å². The van der Waals surface area contributed by atoms with Crippen molar-refractivity contribution in [1.82, 2.24) is 0 Å². The summed E-state index contributed by atoms with van der Waals surface area (Å²) in [5.74, 6) is -2.05. The Morgan fingerprint density at radius 3 is 1.16 bits per heavy atom. The molecule has 0 aliphatic rings. The first kappa shape index (κ1) is 22.2. The Kier molecular flexibility index (Phi) is 6.52. The molecule has 0 atom stereocenters. The summed E-state index contributed by atoms with van der Waals surface area (Å²) in [5.41, 5.74) is 1.76. The van der Waals surface area contributed by atoms with Gasteiger partial charge in [0.15, 0.2) is 0 Å². The Hall–Kier alpha value is -3.50. The summed E-state index contributed by atoms with van der Waals surface area (Å²) in [6.45, 7) is 5.50. The number of carbonyl (C=O) groups is 3. The van der Waals surface area contributed by atoms with Crippen LogP contribution in [0.15, 0.2) is 72.8 Å². The van der Waals surface area contributed by atoms with Crippen molar-refractivity contribution in [3.8, 4) is 0 Å². The smallest absolute Gasteiger partial charge is 0.374 e. The fourth-order valence-corrected chi connectivity index (χ4v) is 3.97. The predicted octanol–water partition coefficient (Wildman–Crippen LogP) is 5.66. The van der Waals surface area contributed by atoms with E-state index in [1.807, 2.05) is 20.8 Å². The van der Waals surface area contributed by atoms with Gasteiger partial charge >= 0.3 is 19.5 Å². The number of rotatable bonds is 6. The van der Waals surface area contributed by atoms with E-state index in [2.05, 4.69) is 0 Å². The maximum atomic E-state index is 13.5. The van der Waals surface area contributed by atoms with Crippen LogP contribution in [-0.4, -0.2) is 17.5 Å². The van der Waals surface area contributed by atoms with Gasteiger partial charge in [-0.15, -0.1) is 0 Å². The molecule has 0 fully saturated rings. The van der Waals surface area contributed by atoms with Gasteiger partial charge in [0.1, 0.15) is 0 Å². The van der Waals surface area contributed by atoms with E-state index in [9.17, 15) is 18.9 Å². The molecule has 3 aromatic rings. The molecule has 0 aromatic heterocycles. The molecule has 0 heterocycles. The van der Waals surface area contributed by atoms with E-state index in [1.54, 1.807) is 36.4 Å². The summed E-state index contributed by atoms with van der Waals surface area (Å²) in [6, 6.07) is 18.7. The summed E-state index contributed by atoms with van der Waals surface area (Å²) in [4.78, 5) is 38.2. The molecule has 0 saturated heterocycles. The molecule has 0 aliphatic carbocycles. The van der Waals surface area contributed by atoms with Crippen molar-refractivity contribution >= 4 is 25.1 Å². The van der Waals surface area contributed by atoms with Crippen molar-refractivity contribution in [2.24, 2.45) is 0 Å². The third kappa shape index (κ3) is 5.36. The zero-order valence-corrected chi connectivity index (χ0v) is 18.2. The maximum absolute atomic E-state index is 13.5. The van der Waals surface area contributed by atoms with Crippen LogP contribution in [0.3, 0.4) is 0 Å². The lowest BCUT2D eigenvalue weighted by atomic mass is 10.2. The minimum Gasteiger partial charge on any atom is -0.374 e. The predicted molar refractivity (Wildman–Crippen MR) is 116 cm³/mol. The topological polar surface area (TPSA) is 86.7 Å². The van der Waals surface area contributed by atoms with Crippen molar-refractivity contribution in [3.05, 3.63) is 106 Å². The number of hydrogen-bond donors (Lipinski definition) is 0. The molecule has 31 heavy (non-hydrogen) atoms.